The van der Waals surface area contributed by atoms with Crippen molar-refractivity contribution in [2.75, 3.05) is 18.4 Å². The number of piperidine rings is 1. The zero-order valence-corrected chi connectivity index (χ0v) is 17.5. The molecule has 0 unspecified atom stereocenters. The number of likely N-dealkylation sites (tertiary alicyclic amines) is 1. The van der Waals surface area contributed by atoms with Gasteiger partial charge in [-0.1, -0.05) is 13.0 Å². The SMILES string of the molecule is CCCn1c(C)nc2cc(NC(=O)C3CCN(C(=O)c4ccccn4)CC3)ccc21. The van der Waals surface area contributed by atoms with E-state index >= 15 is 0 Å². The minimum Gasteiger partial charge on any atom is -0.337 e. The molecule has 0 saturated carbocycles. The third-order valence-electron chi connectivity index (χ3n) is 5.69. The normalized spacial score (nSPS) is 14.8. The van der Waals surface area contributed by atoms with Crippen LogP contribution in [-0.2, 0) is 11.3 Å². The van der Waals surface area contributed by atoms with Gasteiger partial charge in [0.1, 0.15) is 11.5 Å². The number of amides is 2. The highest BCUT2D eigenvalue weighted by atomic mass is 16.2. The third-order valence-corrected chi connectivity index (χ3v) is 5.69. The first kappa shape index (κ1) is 20.1. The van der Waals surface area contributed by atoms with E-state index in [0.29, 0.717) is 31.6 Å². The van der Waals surface area contributed by atoms with Crippen LogP contribution < -0.4 is 5.32 Å². The van der Waals surface area contributed by atoms with Gasteiger partial charge in [0.05, 0.1) is 11.0 Å². The van der Waals surface area contributed by atoms with Gasteiger partial charge in [-0.25, -0.2) is 4.98 Å². The van der Waals surface area contributed by atoms with E-state index in [4.69, 9.17) is 0 Å². The fourth-order valence-corrected chi connectivity index (χ4v) is 4.07. The van der Waals surface area contributed by atoms with Crippen LogP contribution in [0.1, 0.15) is 42.5 Å². The number of carbonyl (C=O) groups excluding carboxylic acids is 2. The van der Waals surface area contributed by atoms with E-state index in [0.717, 1.165) is 35.5 Å². The maximum atomic E-state index is 12.8. The number of aromatic nitrogens is 3. The van der Waals surface area contributed by atoms with E-state index < -0.39 is 0 Å². The molecule has 1 aliphatic rings. The Hall–Kier alpha value is -3.22. The Kier molecular flexibility index (Phi) is 5.79. The van der Waals surface area contributed by atoms with Crippen LogP contribution in [0, 0.1) is 12.8 Å². The molecule has 7 heteroatoms. The van der Waals surface area contributed by atoms with Gasteiger partial charge in [-0.2, -0.15) is 0 Å². The van der Waals surface area contributed by atoms with Gasteiger partial charge in [-0.3, -0.25) is 14.6 Å². The number of hydrogen-bond donors (Lipinski definition) is 1. The average Bonchev–Trinajstić information content (AvgIpc) is 3.08. The summed E-state index contributed by atoms with van der Waals surface area (Å²) in [6, 6.07) is 11.2. The van der Waals surface area contributed by atoms with Gasteiger partial charge >= 0.3 is 0 Å². The van der Waals surface area contributed by atoms with Crippen LogP contribution in [0.5, 0.6) is 0 Å². The first-order chi connectivity index (χ1) is 14.6. The van der Waals surface area contributed by atoms with Crippen molar-refractivity contribution in [2.24, 2.45) is 5.92 Å². The molecule has 3 aromatic rings. The van der Waals surface area contributed by atoms with Gasteiger partial charge < -0.3 is 14.8 Å². The predicted octanol–water partition coefficient (Wildman–Crippen LogP) is 3.64. The number of imidazole rings is 1. The highest BCUT2D eigenvalue weighted by Crippen LogP contribution is 2.24. The zero-order valence-electron chi connectivity index (χ0n) is 17.5. The van der Waals surface area contributed by atoms with Gasteiger partial charge in [-0.15, -0.1) is 0 Å². The van der Waals surface area contributed by atoms with Gasteiger partial charge in [0.2, 0.25) is 5.91 Å². The highest BCUT2D eigenvalue weighted by molar-refractivity contribution is 5.95. The number of carbonyl (C=O) groups is 2. The van der Waals surface area contributed by atoms with Gasteiger partial charge in [0.25, 0.3) is 5.91 Å². The fraction of sp³-hybridized carbons (Fsp3) is 0.391. The summed E-state index contributed by atoms with van der Waals surface area (Å²) in [6.45, 7) is 6.22. The standard InChI is InChI=1S/C23H27N5O2/c1-3-12-28-16(2)25-20-15-18(7-8-21(20)28)26-22(29)17-9-13-27(14-10-17)23(30)19-6-4-5-11-24-19/h4-8,11,15,17H,3,9-10,12-14H2,1-2H3,(H,26,29). The number of benzene rings is 1. The molecule has 156 valence electrons. The van der Waals surface area contributed by atoms with Crippen molar-refractivity contribution in [1.29, 1.82) is 0 Å². The number of aryl methyl sites for hydroxylation is 2. The summed E-state index contributed by atoms with van der Waals surface area (Å²) in [7, 11) is 0. The number of fused-ring (bicyclic) bond motifs is 1. The summed E-state index contributed by atoms with van der Waals surface area (Å²) in [5.74, 6) is 0.815. The molecule has 0 atom stereocenters. The van der Waals surface area contributed by atoms with Gasteiger partial charge in [-0.05, 0) is 56.5 Å². The summed E-state index contributed by atoms with van der Waals surface area (Å²) in [5, 5.41) is 3.04. The van der Waals surface area contributed by atoms with Crippen molar-refractivity contribution in [3.8, 4) is 0 Å². The molecular formula is C23H27N5O2. The Bertz CT molecular complexity index is 1050. The van der Waals surface area contributed by atoms with E-state index in [1.807, 2.05) is 31.2 Å². The van der Waals surface area contributed by atoms with Crippen LogP contribution in [0.25, 0.3) is 11.0 Å². The van der Waals surface area contributed by atoms with E-state index in [1.54, 1.807) is 23.2 Å². The maximum Gasteiger partial charge on any atom is 0.272 e. The molecule has 30 heavy (non-hydrogen) atoms. The van der Waals surface area contributed by atoms with E-state index in [1.165, 1.54) is 0 Å². The van der Waals surface area contributed by atoms with E-state index in [-0.39, 0.29) is 17.7 Å². The quantitative estimate of drug-likeness (QED) is 0.703. The molecule has 0 bridgehead atoms. The number of rotatable bonds is 5. The second kappa shape index (κ2) is 8.65. The first-order valence-corrected chi connectivity index (χ1v) is 10.5. The Morgan fingerprint density at radius 3 is 2.67 bits per heavy atom. The molecule has 2 amide bonds. The number of hydrogen-bond acceptors (Lipinski definition) is 4. The molecule has 0 spiro atoms. The van der Waals surface area contributed by atoms with Crippen LogP contribution in [0.2, 0.25) is 0 Å². The lowest BCUT2D eigenvalue weighted by Gasteiger charge is -2.31. The second-order valence-electron chi connectivity index (χ2n) is 7.78. The molecule has 1 fully saturated rings. The molecular weight excluding hydrogens is 378 g/mol. The van der Waals surface area contributed by atoms with Crippen LogP contribution in [-0.4, -0.2) is 44.3 Å². The average molecular weight is 406 g/mol. The van der Waals surface area contributed by atoms with Crippen molar-refractivity contribution in [3.63, 3.8) is 0 Å². The number of anilines is 1. The van der Waals surface area contributed by atoms with Crippen LogP contribution in [0.15, 0.2) is 42.6 Å². The van der Waals surface area contributed by atoms with Gasteiger partial charge in [0, 0.05) is 37.4 Å². The lowest BCUT2D eigenvalue weighted by atomic mass is 9.95. The van der Waals surface area contributed by atoms with Crippen molar-refractivity contribution in [2.45, 2.75) is 39.7 Å². The summed E-state index contributed by atoms with van der Waals surface area (Å²) in [4.78, 5) is 35.8. The lowest BCUT2D eigenvalue weighted by Crippen LogP contribution is -2.41. The summed E-state index contributed by atoms with van der Waals surface area (Å²) in [6.07, 6.45) is 3.97. The van der Waals surface area contributed by atoms with Gasteiger partial charge in [0.15, 0.2) is 0 Å². The first-order valence-electron chi connectivity index (χ1n) is 10.5. The number of pyridine rings is 1. The highest BCUT2D eigenvalue weighted by Gasteiger charge is 2.28. The van der Waals surface area contributed by atoms with Crippen LogP contribution in [0.4, 0.5) is 5.69 Å². The fourth-order valence-electron chi connectivity index (χ4n) is 4.07. The minimum atomic E-state index is -0.104. The zero-order chi connectivity index (χ0) is 21.1. The maximum absolute atomic E-state index is 12.8. The van der Waals surface area contributed by atoms with Crippen LogP contribution >= 0.6 is 0 Å². The largest absolute Gasteiger partial charge is 0.337 e. The molecule has 2 aromatic heterocycles. The van der Waals surface area contributed by atoms with Crippen molar-refractivity contribution in [1.82, 2.24) is 19.4 Å². The number of nitrogens with zero attached hydrogens (tertiary/aromatic N) is 4. The topological polar surface area (TPSA) is 80.1 Å². The molecule has 1 aromatic carbocycles. The van der Waals surface area contributed by atoms with Crippen molar-refractivity contribution >= 4 is 28.5 Å². The smallest absolute Gasteiger partial charge is 0.272 e. The minimum absolute atomic E-state index is 0.00370. The Morgan fingerprint density at radius 1 is 1.17 bits per heavy atom. The molecule has 1 saturated heterocycles. The second-order valence-corrected chi connectivity index (χ2v) is 7.78. The third kappa shape index (κ3) is 4.06. The molecule has 7 nitrogen and oxygen atoms in total. The molecule has 3 heterocycles. The summed E-state index contributed by atoms with van der Waals surface area (Å²) >= 11 is 0. The Morgan fingerprint density at radius 2 is 1.97 bits per heavy atom. The monoisotopic (exact) mass is 405 g/mol. The van der Waals surface area contributed by atoms with E-state index in [2.05, 4.69) is 26.8 Å². The summed E-state index contributed by atoms with van der Waals surface area (Å²) < 4.78 is 2.20. The molecule has 0 radical (unpaired) electrons. The van der Waals surface area contributed by atoms with E-state index in [9.17, 15) is 9.59 Å². The Labute approximate surface area is 176 Å². The number of nitrogens with one attached hydrogen (secondary N) is 1. The predicted molar refractivity (Wildman–Crippen MR) is 116 cm³/mol. The van der Waals surface area contributed by atoms with Crippen molar-refractivity contribution in [3.05, 3.63) is 54.1 Å². The molecule has 0 aliphatic carbocycles. The summed E-state index contributed by atoms with van der Waals surface area (Å²) in [5.41, 5.74) is 3.20. The molecule has 1 aliphatic heterocycles. The van der Waals surface area contributed by atoms with Crippen LogP contribution in [0.3, 0.4) is 0 Å². The molecule has 1 N–H and O–H groups in total. The molecule has 4 rings (SSSR count). The van der Waals surface area contributed by atoms with Crippen molar-refractivity contribution < 1.29 is 9.59 Å². The Balaban J connectivity index is 1.37. The lowest BCUT2D eigenvalue weighted by molar-refractivity contribution is -0.121.